The Balaban J connectivity index is 1.31. The molecule has 1 aliphatic carbocycles. The minimum absolute atomic E-state index is 0.194. The zero-order valence-electron chi connectivity index (χ0n) is 19.4. The van der Waals surface area contributed by atoms with Crippen LogP contribution in [0.1, 0.15) is 23.2 Å². The van der Waals surface area contributed by atoms with Crippen molar-refractivity contribution >= 4 is 34.2 Å². The van der Waals surface area contributed by atoms with E-state index in [4.69, 9.17) is 9.47 Å². The number of nitrogens with zero attached hydrogens (tertiary/aromatic N) is 1. The van der Waals surface area contributed by atoms with Crippen LogP contribution in [0.2, 0.25) is 0 Å². The van der Waals surface area contributed by atoms with E-state index in [-0.39, 0.29) is 17.8 Å². The van der Waals surface area contributed by atoms with Crippen molar-refractivity contribution < 1.29 is 23.5 Å². The average molecular weight is 487 g/mol. The number of halogens is 1. The van der Waals surface area contributed by atoms with E-state index in [0.717, 1.165) is 12.8 Å². The first-order valence-corrected chi connectivity index (χ1v) is 11.4. The molecule has 1 saturated carbocycles. The Bertz CT molecular complexity index is 1420. The summed E-state index contributed by atoms with van der Waals surface area (Å²) in [5, 5.41) is 8.99. The van der Waals surface area contributed by atoms with Crippen molar-refractivity contribution in [2.24, 2.45) is 0 Å². The normalized spacial score (nSPS) is 12.6. The van der Waals surface area contributed by atoms with Crippen molar-refractivity contribution in [3.63, 3.8) is 0 Å². The van der Waals surface area contributed by atoms with Crippen LogP contribution < -0.4 is 25.4 Å². The van der Waals surface area contributed by atoms with Crippen LogP contribution in [0, 0.1) is 5.82 Å². The summed E-state index contributed by atoms with van der Waals surface area (Å²) in [4.78, 5) is 29.3. The van der Waals surface area contributed by atoms with Crippen molar-refractivity contribution in [3.8, 4) is 17.2 Å². The largest absolute Gasteiger partial charge is 0.496 e. The second kappa shape index (κ2) is 9.91. The van der Waals surface area contributed by atoms with Crippen LogP contribution in [0.3, 0.4) is 0 Å². The van der Waals surface area contributed by atoms with Gasteiger partial charge >= 0.3 is 6.03 Å². The molecular weight excluding hydrogens is 463 g/mol. The number of rotatable bonds is 7. The molecule has 4 aromatic rings. The lowest BCUT2D eigenvalue weighted by Gasteiger charge is -2.13. The smallest absolute Gasteiger partial charge is 0.323 e. The number of hydrogen-bond acceptors (Lipinski definition) is 5. The first kappa shape index (κ1) is 23.1. The van der Waals surface area contributed by atoms with Gasteiger partial charge in [0, 0.05) is 35.1 Å². The summed E-state index contributed by atoms with van der Waals surface area (Å²) in [5.41, 5.74) is 2.06. The molecule has 0 atom stereocenters. The van der Waals surface area contributed by atoms with Crippen molar-refractivity contribution in [1.82, 2.24) is 10.3 Å². The van der Waals surface area contributed by atoms with Crippen LogP contribution >= 0.6 is 0 Å². The van der Waals surface area contributed by atoms with Gasteiger partial charge in [0.05, 0.1) is 18.2 Å². The maximum absolute atomic E-state index is 13.0. The highest BCUT2D eigenvalue weighted by molar-refractivity contribution is 6.02. The first-order valence-electron chi connectivity index (χ1n) is 11.4. The third-order valence-electron chi connectivity index (χ3n) is 5.62. The van der Waals surface area contributed by atoms with Crippen LogP contribution in [0.25, 0.3) is 10.9 Å². The summed E-state index contributed by atoms with van der Waals surface area (Å²) < 4.78 is 24.5. The van der Waals surface area contributed by atoms with E-state index in [1.54, 1.807) is 48.7 Å². The van der Waals surface area contributed by atoms with E-state index in [1.807, 2.05) is 0 Å². The summed E-state index contributed by atoms with van der Waals surface area (Å²) >= 11 is 0. The number of hydrogen-bond donors (Lipinski definition) is 3. The molecule has 1 heterocycles. The highest BCUT2D eigenvalue weighted by Crippen LogP contribution is 2.34. The van der Waals surface area contributed by atoms with Gasteiger partial charge in [0.15, 0.2) is 0 Å². The van der Waals surface area contributed by atoms with Crippen LogP contribution in [0.15, 0.2) is 72.9 Å². The van der Waals surface area contributed by atoms with Gasteiger partial charge in [-0.05, 0) is 73.5 Å². The van der Waals surface area contributed by atoms with Crippen LogP contribution in [-0.4, -0.2) is 30.1 Å². The van der Waals surface area contributed by atoms with E-state index in [0.29, 0.717) is 45.1 Å². The predicted octanol–water partition coefficient (Wildman–Crippen LogP) is 5.71. The van der Waals surface area contributed by atoms with Crippen LogP contribution in [0.4, 0.5) is 20.6 Å². The number of aromatic nitrogens is 1. The summed E-state index contributed by atoms with van der Waals surface area (Å²) in [5.74, 6) is 0.931. The molecule has 0 saturated heterocycles. The number of anilines is 2. The van der Waals surface area contributed by atoms with Crippen molar-refractivity contribution in [2.45, 2.75) is 18.9 Å². The first-order chi connectivity index (χ1) is 17.5. The summed E-state index contributed by atoms with van der Waals surface area (Å²) in [6.45, 7) is 0. The molecule has 0 spiro atoms. The van der Waals surface area contributed by atoms with E-state index in [9.17, 15) is 14.0 Å². The molecule has 9 heteroatoms. The number of ether oxygens (including phenoxy) is 2. The summed E-state index contributed by atoms with van der Waals surface area (Å²) in [6, 6.07) is 17.2. The maximum atomic E-state index is 13.0. The van der Waals surface area contributed by atoms with E-state index < -0.39 is 6.03 Å². The number of amides is 3. The Kier molecular flexibility index (Phi) is 6.36. The fraction of sp³-hybridized carbons (Fsp3) is 0.148. The Labute approximate surface area is 206 Å². The third kappa shape index (κ3) is 5.35. The van der Waals surface area contributed by atoms with Crippen molar-refractivity contribution in [1.29, 1.82) is 0 Å². The van der Waals surface area contributed by atoms with Gasteiger partial charge in [-0.15, -0.1) is 0 Å². The lowest BCUT2D eigenvalue weighted by molar-refractivity contribution is 0.0948. The standard InChI is InChI=1S/C27H23FN4O4/c1-35-25-15-23-21(14-22(25)26(33)30-17-6-7-17)24(12-13-29-23)36-20-10-8-19(9-11-20)32-27(34)31-18-4-2-16(28)3-5-18/h2-5,8-15,17H,6-7H2,1H3,(H,30,33)(H2,31,32,34). The molecule has 1 aliphatic rings. The molecule has 0 radical (unpaired) electrons. The molecule has 36 heavy (non-hydrogen) atoms. The van der Waals surface area contributed by atoms with Gasteiger partial charge in [-0.2, -0.15) is 0 Å². The van der Waals surface area contributed by atoms with Crippen molar-refractivity contribution in [2.75, 3.05) is 17.7 Å². The van der Waals surface area contributed by atoms with Gasteiger partial charge in [-0.1, -0.05) is 0 Å². The molecule has 8 nitrogen and oxygen atoms in total. The van der Waals surface area contributed by atoms with E-state index in [1.165, 1.54) is 31.4 Å². The molecule has 1 aromatic heterocycles. The van der Waals surface area contributed by atoms with Crippen LogP contribution in [0.5, 0.6) is 17.2 Å². The number of pyridine rings is 1. The fourth-order valence-electron chi connectivity index (χ4n) is 3.63. The topological polar surface area (TPSA) is 102 Å². The molecule has 1 fully saturated rings. The zero-order valence-corrected chi connectivity index (χ0v) is 19.4. The van der Waals surface area contributed by atoms with Gasteiger partial charge in [0.1, 0.15) is 23.1 Å². The van der Waals surface area contributed by atoms with Gasteiger partial charge in [0.25, 0.3) is 5.91 Å². The second-order valence-corrected chi connectivity index (χ2v) is 8.34. The maximum Gasteiger partial charge on any atom is 0.323 e. The van der Waals surface area contributed by atoms with Crippen molar-refractivity contribution in [3.05, 3.63) is 84.3 Å². The number of methoxy groups -OCH3 is 1. The number of urea groups is 1. The lowest BCUT2D eigenvalue weighted by Crippen LogP contribution is -2.25. The number of fused-ring (bicyclic) bond motifs is 1. The molecule has 5 rings (SSSR count). The van der Waals surface area contributed by atoms with E-state index >= 15 is 0 Å². The molecule has 0 aliphatic heterocycles. The van der Waals surface area contributed by atoms with Gasteiger partial charge in [-0.3, -0.25) is 9.78 Å². The number of benzene rings is 3. The highest BCUT2D eigenvalue weighted by Gasteiger charge is 2.26. The van der Waals surface area contributed by atoms with Gasteiger partial charge in [-0.25, -0.2) is 9.18 Å². The third-order valence-corrected chi connectivity index (χ3v) is 5.62. The Morgan fingerprint density at radius 1 is 0.917 bits per heavy atom. The fourth-order valence-corrected chi connectivity index (χ4v) is 3.63. The Morgan fingerprint density at radius 2 is 1.58 bits per heavy atom. The van der Waals surface area contributed by atoms with E-state index in [2.05, 4.69) is 20.9 Å². The predicted molar refractivity (Wildman–Crippen MR) is 134 cm³/mol. The second-order valence-electron chi connectivity index (χ2n) is 8.34. The highest BCUT2D eigenvalue weighted by atomic mass is 19.1. The minimum atomic E-state index is -0.457. The molecule has 3 amide bonds. The lowest BCUT2D eigenvalue weighted by atomic mass is 10.1. The number of carbonyl (C=O) groups excluding carboxylic acids is 2. The van der Waals surface area contributed by atoms with Gasteiger partial charge in [0.2, 0.25) is 0 Å². The molecule has 182 valence electrons. The molecule has 3 N–H and O–H groups in total. The Morgan fingerprint density at radius 3 is 2.22 bits per heavy atom. The summed E-state index contributed by atoms with van der Waals surface area (Å²) in [7, 11) is 1.52. The number of nitrogens with one attached hydrogen (secondary N) is 3. The average Bonchev–Trinajstić information content (AvgIpc) is 3.70. The quantitative estimate of drug-likeness (QED) is 0.311. The van der Waals surface area contributed by atoms with Gasteiger partial charge < -0.3 is 25.4 Å². The zero-order chi connectivity index (χ0) is 25.1. The molecule has 3 aromatic carbocycles. The monoisotopic (exact) mass is 486 g/mol. The SMILES string of the molecule is COc1cc2nccc(Oc3ccc(NC(=O)Nc4ccc(F)cc4)cc3)c2cc1C(=O)NC1CC1. The Hall–Kier alpha value is -4.66. The number of carbonyl (C=O) groups is 2. The molecule has 0 unspecified atom stereocenters. The molecular formula is C27H23FN4O4. The molecule has 0 bridgehead atoms. The van der Waals surface area contributed by atoms with Crippen LogP contribution in [-0.2, 0) is 0 Å². The summed E-state index contributed by atoms with van der Waals surface area (Å²) in [6.07, 6.45) is 3.59. The minimum Gasteiger partial charge on any atom is -0.496 e.